The molecular weight excluding hydrogens is 394 g/mol. The Morgan fingerprint density at radius 2 is 1.74 bits per heavy atom. The van der Waals surface area contributed by atoms with Crippen molar-refractivity contribution < 1.29 is 23.8 Å². The first-order chi connectivity index (χ1) is 14.7. The van der Waals surface area contributed by atoms with Crippen molar-refractivity contribution in [2.45, 2.75) is 39.4 Å². The average molecular weight is 424 g/mol. The van der Waals surface area contributed by atoms with Gasteiger partial charge in [0.15, 0.2) is 0 Å². The van der Waals surface area contributed by atoms with E-state index in [1.54, 1.807) is 4.90 Å². The van der Waals surface area contributed by atoms with Crippen molar-refractivity contribution in [2.75, 3.05) is 20.2 Å². The molecule has 0 atom stereocenters. The first kappa shape index (κ1) is 22.4. The van der Waals surface area contributed by atoms with Gasteiger partial charge in [-0.25, -0.2) is 4.79 Å². The van der Waals surface area contributed by atoms with Crippen molar-refractivity contribution in [1.29, 1.82) is 0 Å². The van der Waals surface area contributed by atoms with E-state index in [0.29, 0.717) is 19.7 Å². The molecule has 1 amide bonds. The summed E-state index contributed by atoms with van der Waals surface area (Å²) in [4.78, 5) is 26.2. The number of carbonyl (C=O) groups is 2. The maximum absolute atomic E-state index is 12.6. The highest BCUT2D eigenvalue weighted by Crippen LogP contribution is 2.32. The van der Waals surface area contributed by atoms with Crippen molar-refractivity contribution in [3.63, 3.8) is 0 Å². The van der Waals surface area contributed by atoms with Crippen LogP contribution in [0.25, 0.3) is 5.57 Å². The summed E-state index contributed by atoms with van der Waals surface area (Å²) in [6.07, 6.45) is -0.276. The maximum Gasteiger partial charge on any atom is 0.410 e. The monoisotopic (exact) mass is 423 g/mol. The van der Waals surface area contributed by atoms with E-state index in [1.165, 1.54) is 7.11 Å². The van der Waals surface area contributed by atoms with Gasteiger partial charge in [-0.1, -0.05) is 42.5 Å². The van der Waals surface area contributed by atoms with Gasteiger partial charge < -0.3 is 14.2 Å². The summed E-state index contributed by atoms with van der Waals surface area (Å²) in [5, 5.41) is 0. The van der Waals surface area contributed by atoms with Crippen LogP contribution in [0.5, 0.6) is 5.75 Å². The van der Waals surface area contributed by atoms with Crippen LogP contribution in [0, 0.1) is 0 Å². The van der Waals surface area contributed by atoms with E-state index >= 15 is 0 Å². The Bertz CT molecular complexity index is 959. The van der Waals surface area contributed by atoms with Crippen molar-refractivity contribution in [3.8, 4) is 5.75 Å². The number of esters is 1. The Morgan fingerprint density at radius 3 is 2.42 bits per heavy atom. The summed E-state index contributed by atoms with van der Waals surface area (Å²) in [7, 11) is 1.36. The number of amides is 1. The molecule has 0 radical (unpaired) electrons. The molecule has 164 valence electrons. The number of hydrogen-bond acceptors (Lipinski definition) is 5. The lowest BCUT2D eigenvalue weighted by Gasteiger charge is -2.24. The molecule has 1 aliphatic heterocycles. The van der Waals surface area contributed by atoms with Gasteiger partial charge in [-0.2, -0.15) is 0 Å². The van der Waals surface area contributed by atoms with E-state index in [-0.39, 0.29) is 12.4 Å². The summed E-state index contributed by atoms with van der Waals surface area (Å²) in [6, 6.07) is 17.6. The molecule has 2 aromatic rings. The summed E-state index contributed by atoms with van der Waals surface area (Å²) in [5.74, 6) is 0.386. The number of nitrogens with zero attached hydrogens (tertiary/aromatic N) is 1. The average Bonchev–Trinajstić information content (AvgIpc) is 3.16. The predicted molar refractivity (Wildman–Crippen MR) is 119 cm³/mol. The summed E-state index contributed by atoms with van der Waals surface area (Å²) in [6.45, 7) is 6.65. The summed E-state index contributed by atoms with van der Waals surface area (Å²) in [5.41, 5.74) is 3.17. The Hall–Kier alpha value is -3.28. The minimum Gasteiger partial charge on any atom is -0.489 e. The van der Waals surface area contributed by atoms with Gasteiger partial charge in [-0.15, -0.1) is 0 Å². The molecule has 31 heavy (non-hydrogen) atoms. The molecular formula is C25H29NO5. The van der Waals surface area contributed by atoms with Crippen LogP contribution in [0.3, 0.4) is 0 Å². The number of benzene rings is 2. The highest BCUT2D eigenvalue weighted by atomic mass is 16.6. The second-order valence-electron chi connectivity index (χ2n) is 8.47. The molecule has 0 aliphatic carbocycles. The zero-order valence-electron chi connectivity index (χ0n) is 18.5. The number of ether oxygens (including phenoxy) is 3. The minimum atomic E-state index is -0.590. The Labute approximate surface area is 183 Å². The third kappa shape index (κ3) is 6.35. The lowest BCUT2D eigenvalue weighted by molar-refractivity contribution is -0.139. The highest BCUT2D eigenvalue weighted by molar-refractivity contribution is 5.84. The Balaban J connectivity index is 1.80. The number of rotatable bonds is 6. The van der Waals surface area contributed by atoms with Crippen LogP contribution in [0.2, 0.25) is 0 Å². The first-order valence-electron chi connectivity index (χ1n) is 10.3. The molecule has 0 saturated heterocycles. The molecule has 2 aromatic carbocycles. The number of hydrogen-bond donors (Lipinski definition) is 0. The second-order valence-corrected chi connectivity index (χ2v) is 8.47. The van der Waals surface area contributed by atoms with Crippen LogP contribution in [0.1, 0.15) is 38.3 Å². The molecule has 1 heterocycles. The molecule has 0 saturated carbocycles. The van der Waals surface area contributed by atoms with Crippen LogP contribution in [-0.4, -0.2) is 42.8 Å². The van der Waals surface area contributed by atoms with Gasteiger partial charge in [0.05, 0.1) is 13.5 Å². The Kier molecular flexibility index (Phi) is 7.00. The van der Waals surface area contributed by atoms with E-state index in [0.717, 1.165) is 28.0 Å². The smallest absolute Gasteiger partial charge is 0.410 e. The predicted octanol–water partition coefficient (Wildman–Crippen LogP) is 4.83. The number of carbonyl (C=O) groups excluding carboxylic acids is 2. The molecule has 0 fully saturated rings. The Morgan fingerprint density at radius 1 is 1.00 bits per heavy atom. The summed E-state index contributed by atoms with van der Waals surface area (Å²) < 4.78 is 16.3. The summed E-state index contributed by atoms with van der Waals surface area (Å²) >= 11 is 0. The molecule has 1 aliphatic rings. The second kappa shape index (κ2) is 9.69. The zero-order chi connectivity index (χ0) is 22.4. The van der Waals surface area contributed by atoms with Crippen LogP contribution in [0.15, 0.2) is 60.2 Å². The zero-order valence-corrected chi connectivity index (χ0v) is 18.5. The van der Waals surface area contributed by atoms with Crippen LogP contribution >= 0.6 is 0 Å². The van der Waals surface area contributed by atoms with E-state index in [9.17, 15) is 9.59 Å². The molecule has 6 heteroatoms. The lowest BCUT2D eigenvalue weighted by atomic mass is 10.0. The fraction of sp³-hybridized carbons (Fsp3) is 0.360. The van der Waals surface area contributed by atoms with Gasteiger partial charge in [0.25, 0.3) is 0 Å². The standard InChI is InChI=1S/C25H29NO5/c1-25(2,3)31-24(28)26-15-20(14-23(27)29-4)22(16-26)19-11-8-12-21(13-19)30-17-18-9-6-5-7-10-18/h5-13H,14-17H2,1-4H3. The van der Waals surface area contributed by atoms with Gasteiger partial charge in [-0.05, 0) is 55.2 Å². The fourth-order valence-corrected chi connectivity index (χ4v) is 3.36. The molecule has 3 rings (SSSR count). The molecule has 0 spiro atoms. The third-order valence-electron chi connectivity index (χ3n) is 4.83. The molecule has 0 unspecified atom stereocenters. The third-order valence-corrected chi connectivity index (χ3v) is 4.83. The maximum atomic E-state index is 12.6. The minimum absolute atomic E-state index is 0.125. The van der Waals surface area contributed by atoms with Crippen LogP contribution in [0.4, 0.5) is 4.79 Å². The molecule has 0 aromatic heterocycles. The van der Waals surface area contributed by atoms with Gasteiger partial charge in [0.1, 0.15) is 18.0 Å². The lowest BCUT2D eigenvalue weighted by Crippen LogP contribution is -2.35. The molecule has 6 nitrogen and oxygen atoms in total. The largest absolute Gasteiger partial charge is 0.489 e. The highest BCUT2D eigenvalue weighted by Gasteiger charge is 2.31. The van der Waals surface area contributed by atoms with E-state index < -0.39 is 11.7 Å². The van der Waals surface area contributed by atoms with Crippen molar-refractivity contribution in [3.05, 3.63) is 71.3 Å². The van der Waals surface area contributed by atoms with Crippen molar-refractivity contribution >= 4 is 17.6 Å². The van der Waals surface area contributed by atoms with E-state index in [1.807, 2.05) is 75.4 Å². The first-order valence-corrected chi connectivity index (χ1v) is 10.3. The van der Waals surface area contributed by atoms with Crippen molar-refractivity contribution in [2.24, 2.45) is 0 Å². The van der Waals surface area contributed by atoms with Gasteiger partial charge >= 0.3 is 12.1 Å². The van der Waals surface area contributed by atoms with E-state index in [2.05, 4.69) is 0 Å². The van der Waals surface area contributed by atoms with E-state index in [4.69, 9.17) is 14.2 Å². The van der Waals surface area contributed by atoms with Gasteiger partial charge in [0, 0.05) is 13.1 Å². The number of methoxy groups -OCH3 is 1. The van der Waals surface area contributed by atoms with Crippen LogP contribution in [-0.2, 0) is 20.9 Å². The normalized spacial score (nSPS) is 13.9. The quantitative estimate of drug-likeness (QED) is 0.623. The molecule has 0 N–H and O–H groups in total. The van der Waals surface area contributed by atoms with Crippen molar-refractivity contribution in [1.82, 2.24) is 4.90 Å². The van der Waals surface area contributed by atoms with Gasteiger partial charge in [-0.3, -0.25) is 9.69 Å². The molecule has 0 bridgehead atoms. The topological polar surface area (TPSA) is 65.1 Å². The van der Waals surface area contributed by atoms with Crippen LogP contribution < -0.4 is 4.74 Å². The SMILES string of the molecule is COC(=O)CC1=C(c2cccc(OCc3ccccc3)c2)CN(C(=O)OC(C)(C)C)C1. The van der Waals surface area contributed by atoms with Gasteiger partial charge in [0.2, 0.25) is 0 Å². The fourth-order valence-electron chi connectivity index (χ4n) is 3.36.